The third kappa shape index (κ3) is 1.73. The number of carbonyl (C=O) groups excluding carboxylic acids is 1. The van der Waals surface area contributed by atoms with Gasteiger partial charge in [0.1, 0.15) is 0 Å². The molecule has 1 aromatic carbocycles. The molecule has 1 amide bonds. The standard InChI is InChI=1S/C12H13NO2/c1-3-5-9-6-4-7-10-11(9)15-8(2)12(14)13-10/h3-8H,1-2H3,(H,13,14). The predicted octanol–water partition coefficient (Wildman–Crippen LogP) is 2.44. The molecule has 3 nitrogen and oxygen atoms in total. The van der Waals surface area contributed by atoms with E-state index in [0.29, 0.717) is 0 Å². The summed E-state index contributed by atoms with van der Waals surface area (Å²) < 4.78 is 5.56. The van der Waals surface area contributed by atoms with Crippen molar-refractivity contribution in [3.8, 4) is 5.75 Å². The Hall–Kier alpha value is -1.77. The minimum Gasteiger partial charge on any atom is -0.478 e. The number of fused-ring (bicyclic) bond motifs is 1. The van der Waals surface area contributed by atoms with Gasteiger partial charge in [-0.1, -0.05) is 24.3 Å². The summed E-state index contributed by atoms with van der Waals surface area (Å²) in [6.45, 7) is 3.69. The van der Waals surface area contributed by atoms with Crippen LogP contribution in [0.2, 0.25) is 0 Å². The number of anilines is 1. The van der Waals surface area contributed by atoms with Gasteiger partial charge in [-0.15, -0.1) is 0 Å². The van der Waals surface area contributed by atoms with Crippen molar-refractivity contribution in [2.75, 3.05) is 5.32 Å². The first kappa shape index (κ1) is 9.77. The molecule has 0 aromatic heterocycles. The highest BCUT2D eigenvalue weighted by atomic mass is 16.5. The molecule has 78 valence electrons. The Morgan fingerprint density at radius 3 is 3.00 bits per heavy atom. The fourth-order valence-corrected chi connectivity index (χ4v) is 1.56. The van der Waals surface area contributed by atoms with Gasteiger partial charge in [-0.3, -0.25) is 4.79 Å². The minimum atomic E-state index is -0.427. The van der Waals surface area contributed by atoms with Crippen LogP contribution in [0.5, 0.6) is 5.75 Å². The Labute approximate surface area is 88.8 Å². The molecule has 1 heterocycles. The quantitative estimate of drug-likeness (QED) is 0.761. The zero-order valence-corrected chi connectivity index (χ0v) is 8.78. The van der Waals surface area contributed by atoms with Crippen molar-refractivity contribution in [1.82, 2.24) is 0 Å². The average molecular weight is 203 g/mol. The maximum absolute atomic E-state index is 11.4. The third-order valence-electron chi connectivity index (χ3n) is 2.31. The first-order chi connectivity index (χ1) is 7.22. The average Bonchev–Trinajstić information content (AvgIpc) is 2.21. The highest BCUT2D eigenvalue weighted by Crippen LogP contribution is 2.33. The molecule has 1 N–H and O–H groups in total. The smallest absolute Gasteiger partial charge is 0.265 e. The number of amides is 1. The fourth-order valence-electron chi connectivity index (χ4n) is 1.56. The topological polar surface area (TPSA) is 38.3 Å². The molecule has 0 bridgehead atoms. The van der Waals surface area contributed by atoms with Crippen LogP contribution < -0.4 is 10.1 Å². The van der Waals surface area contributed by atoms with E-state index < -0.39 is 6.10 Å². The van der Waals surface area contributed by atoms with E-state index in [1.165, 1.54) is 0 Å². The molecule has 15 heavy (non-hydrogen) atoms. The minimum absolute atomic E-state index is 0.0971. The van der Waals surface area contributed by atoms with Crippen molar-refractivity contribution in [2.45, 2.75) is 20.0 Å². The number of carbonyl (C=O) groups is 1. The van der Waals surface area contributed by atoms with Crippen molar-refractivity contribution < 1.29 is 9.53 Å². The lowest BCUT2D eigenvalue weighted by Crippen LogP contribution is -2.34. The zero-order chi connectivity index (χ0) is 10.8. The van der Waals surface area contributed by atoms with Crippen molar-refractivity contribution in [3.05, 3.63) is 29.8 Å². The molecule has 1 aliphatic heterocycles. The van der Waals surface area contributed by atoms with Gasteiger partial charge in [0, 0.05) is 5.56 Å². The molecule has 0 radical (unpaired) electrons. The third-order valence-corrected chi connectivity index (χ3v) is 2.31. The van der Waals surface area contributed by atoms with Gasteiger partial charge in [-0.25, -0.2) is 0 Å². The van der Waals surface area contributed by atoms with Crippen LogP contribution in [0.3, 0.4) is 0 Å². The largest absolute Gasteiger partial charge is 0.478 e. The van der Waals surface area contributed by atoms with Gasteiger partial charge in [-0.05, 0) is 19.9 Å². The van der Waals surface area contributed by atoms with Gasteiger partial charge in [0.15, 0.2) is 11.9 Å². The maximum atomic E-state index is 11.4. The van der Waals surface area contributed by atoms with Gasteiger partial charge >= 0.3 is 0 Å². The molecule has 1 aromatic rings. The SMILES string of the molecule is CC=Cc1cccc2c1OC(C)C(=O)N2. The molecule has 1 atom stereocenters. The van der Waals surface area contributed by atoms with Crippen molar-refractivity contribution in [2.24, 2.45) is 0 Å². The molecule has 0 spiro atoms. The number of hydrogen-bond donors (Lipinski definition) is 1. The summed E-state index contributed by atoms with van der Waals surface area (Å²) in [6, 6.07) is 5.70. The Balaban J connectivity index is 2.47. The van der Waals surface area contributed by atoms with E-state index in [1.807, 2.05) is 37.3 Å². The highest BCUT2D eigenvalue weighted by Gasteiger charge is 2.24. The van der Waals surface area contributed by atoms with Crippen LogP contribution in [0.1, 0.15) is 19.4 Å². The first-order valence-corrected chi connectivity index (χ1v) is 4.95. The monoisotopic (exact) mass is 203 g/mol. The predicted molar refractivity (Wildman–Crippen MR) is 59.9 cm³/mol. The van der Waals surface area contributed by atoms with E-state index >= 15 is 0 Å². The number of hydrogen-bond acceptors (Lipinski definition) is 2. The van der Waals surface area contributed by atoms with Gasteiger partial charge in [0.25, 0.3) is 5.91 Å². The Kier molecular flexibility index (Phi) is 2.46. The Morgan fingerprint density at radius 1 is 1.47 bits per heavy atom. The lowest BCUT2D eigenvalue weighted by molar-refractivity contribution is -0.122. The van der Waals surface area contributed by atoms with Crippen LogP contribution in [0.4, 0.5) is 5.69 Å². The summed E-state index contributed by atoms with van der Waals surface area (Å²) in [5, 5.41) is 2.81. The summed E-state index contributed by atoms with van der Waals surface area (Å²) >= 11 is 0. The van der Waals surface area contributed by atoms with Gasteiger partial charge < -0.3 is 10.1 Å². The lowest BCUT2D eigenvalue weighted by Gasteiger charge is -2.24. The number of allylic oxidation sites excluding steroid dienone is 1. The normalized spacial score (nSPS) is 19.6. The Morgan fingerprint density at radius 2 is 2.27 bits per heavy atom. The second kappa shape index (κ2) is 3.77. The van der Waals surface area contributed by atoms with Crippen LogP contribution in [0.15, 0.2) is 24.3 Å². The van der Waals surface area contributed by atoms with Gasteiger partial charge in [0.05, 0.1) is 5.69 Å². The molecule has 1 unspecified atom stereocenters. The number of nitrogens with one attached hydrogen (secondary N) is 1. The van der Waals surface area contributed by atoms with Crippen molar-refractivity contribution in [1.29, 1.82) is 0 Å². The highest BCUT2D eigenvalue weighted by molar-refractivity contribution is 5.98. The molecule has 3 heteroatoms. The van der Waals surface area contributed by atoms with Gasteiger partial charge in [0.2, 0.25) is 0 Å². The van der Waals surface area contributed by atoms with Crippen LogP contribution in [0.25, 0.3) is 6.08 Å². The van der Waals surface area contributed by atoms with E-state index in [-0.39, 0.29) is 5.91 Å². The molecular formula is C12H13NO2. The fraction of sp³-hybridized carbons (Fsp3) is 0.250. The van der Waals surface area contributed by atoms with Crippen LogP contribution in [0, 0.1) is 0 Å². The maximum Gasteiger partial charge on any atom is 0.265 e. The number of ether oxygens (including phenoxy) is 1. The zero-order valence-electron chi connectivity index (χ0n) is 8.78. The van der Waals surface area contributed by atoms with E-state index in [2.05, 4.69) is 5.32 Å². The lowest BCUT2D eigenvalue weighted by atomic mass is 10.1. The van der Waals surface area contributed by atoms with E-state index in [4.69, 9.17) is 4.74 Å². The van der Waals surface area contributed by atoms with Crippen LogP contribution in [-0.2, 0) is 4.79 Å². The molecule has 0 fully saturated rings. The second-order valence-corrected chi connectivity index (χ2v) is 3.47. The summed E-state index contributed by atoms with van der Waals surface area (Å²) in [5.41, 5.74) is 1.73. The summed E-state index contributed by atoms with van der Waals surface area (Å²) in [4.78, 5) is 11.4. The van der Waals surface area contributed by atoms with Crippen molar-refractivity contribution in [3.63, 3.8) is 0 Å². The second-order valence-electron chi connectivity index (χ2n) is 3.47. The summed E-state index contributed by atoms with van der Waals surface area (Å²) in [5.74, 6) is 0.655. The van der Waals surface area contributed by atoms with Crippen molar-refractivity contribution >= 4 is 17.7 Å². The molecular weight excluding hydrogens is 190 g/mol. The van der Waals surface area contributed by atoms with Crippen LogP contribution in [-0.4, -0.2) is 12.0 Å². The molecule has 1 aliphatic rings. The molecule has 0 saturated heterocycles. The number of para-hydroxylation sites is 1. The van der Waals surface area contributed by atoms with E-state index in [9.17, 15) is 4.79 Å². The summed E-state index contributed by atoms with van der Waals surface area (Å²) in [6.07, 6.45) is 3.48. The molecule has 0 aliphatic carbocycles. The van der Waals surface area contributed by atoms with E-state index in [1.54, 1.807) is 6.92 Å². The number of benzene rings is 1. The molecule has 2 rings (SSSR count). The first-order valence-electron chi connectivity index (χ1n) is 4.95. The Bertz CT molecular complexity index is 424. The van der Waals surface area contributed by atoms with E-state index in [0.717, 1.165) is 17.0 Å². The number of rotatable bonds is 1. The molecule has 0 saturated carbocycles. The van der Waals surface area contributed by atoms with Crippen LogP contribution >= 0.6 is 0 Å². The van der Waals surface area contributed by atoms with Gasteiger partial charge in [-0.2, -0.15) is 0 Å². The summed E-state index contributed by atoms with van der Waals surface area (Å²) in [7, 11) is 0.